The highest BCUT2D eigenvalue weighted by Gasteiger charge is 2.32. The van der Waals surface area contributed by atoms with E-state index < -0.39 is 6.04 Å². The molecule has 1 saturated heterocycles. The summed E-state index contributed by atoms with van der Waals surface area (Å²) in [5, 5.41) is 5.31. The van der Waals surface area contributed by atoms with Crippen LogP contribution in [0.25, 0.3) is 10.8 Å². The number of fused-ring (bicyclic) bond motifs is 1. The average molecular weight is 353 g/mol. The third-order valence-electron chi connectivity index (χ3n) is 5.18. The minimum atomic E-state index is -0.407. The van der Waals surface area contributed by atoms with Crippen LogP contribution in [0, 0.1) is 0 Å². The summed E-state index contributed by atoms with van der Waals surface area (Å²) in [5.74, 6) is -0.00281. The van der Waals surface area contributed by atoms with Crippen molar-refractivity contribution >= 4 is 22.6 Å². The van der Waals surface area contributed by atoms with Crippen molar-refractivity contribution < 1.29 is 9.59 Å². The molecule has 0 unspecified atom stereocenters. The Morgan fingerprint density at radius 1 is 1.15 bits per heavy atom. The zero-order valence-electron chi connectivity index (χ0n) is 15.6. The molecule has 3 rings (SSSR count). The fourth-order valence-electron chi connectivity index (χ4n) is 3.69. The van der Waals surface area contributed by atoms with Gasteiger partial charge in [0, 0.05) is 32.7 Å². The zero-order chi connectivity index (χ0) is 18.5. The van der Waals surface area contributed by atoms with Gasteiger partial charge in [-0.05, 0) is 30.2 Å². The van der Waals surface area contributed by atoms with E-state index in [2.05, 4.69) is 40.5 Å². The van der Waals surface area contributed by atoms with Crippen LogP contribution >= 0.6 is 0 Å². The van der Waals surface area contributed by atoms with Gasteiger partial charge < -0.3 is 10.2 Å². The van der Waals surface area contributed by atoms with E-state index in [1.165, 1.54) is 16.3 Å². The van der Waals surface area contributed by atoms with Crippen molar-refractivity contribution in [2.45, 2.75) is 32.9 Å². The van der Waals surface area contributed by atoms with Crippen molar-refractivity contribution in [3.63, 3.8) is 0 Å². The molecule has 1 aliphatic rings. The van der Waals surface area contributed by atoms with Gasteiger partial charge in [-0.25, -0.2) is 0 Å². The topological polar surface area (TPSA) is 52.7 Å². The Labute approximate surface area is 155 Å². The SMILES string of the molecule is CCN(CC)C(=O)C[C@@H]1C(=O)NCCN1Cc1cccc2ccccc12. The molecule has 2 aromatic carbocycles. The van der Waals surface area contributed by atoms with Crippen molar-refractivity contribution in [1.29, 1.82) is 0 Å². The standard InChI is InChI=1S/C21H27N3O2/c1-3-23(4-2)20(25)14-19-21(26)22-12-13-24(19)15-17-10-7-9-16-8-5-6-11-18(16)17/h5-11,19H,3-4,12-15H2,1-2H3,(H,22,26)/t19-/m1/s1. The third kappa shape index (κ3) is 3.88. The number of nitrogens with one attached hydrogen (secondary N) is 1. The molecule has 0 aliphatic carbocycles. The average Bonchev–Trinajstić information content (AvgIpc) is 2.66. The van der Waals surface area contributed by atoms with Gasteiger partial charge in [-0.3, -0.25) is 14.5 Å². The molecule has 0 aromatic heterocycles. The van der Waals surface area contributed by atoms with Crippen LogP contribution < -0.4 is 5.32 Å². The lowest BCUT2D eigenvalue weighted by molar-refractivity contribution is -0.138. The molecule has 1 heterocycles. The summed E-state index contributed by atoms with van der Waals surface area (Å²) in [6, 6.07) is 14.1. The summed E-state index contributed by atoms with van der Waals surface area (Å²) in [5.41, 5.74) is 1.19. The van der Waals surface area contributed by atoms with E-state index in [0.29, 0.717) is 26.2 Å². The molecule has 0 saturated carbocycles. The number of benzene rings is 2. The lowest BCUT2D eigenvalue weighted by atomic mass is 10.0. The number of rotatable bonds is 6. The molecule has 138 valence electrons. The molecule has 1 fully saturated rings. The summed E-state index contributed by atoms with van der Waals surface area (Å²) in [4.78, 5) is 28.9. The first-order valence-electron chi connectivity index (χ1n) is 9.40. The molecule has 5 nitrogen and oxygen atoms in total. The van der Waals surface area contributed by atoms with Crippen LogP contribution in [0.1, 0.15) is 25.8 Å². The van der Waals surface area contributed by atoms with E-state index >= 15 is 0 Å². The van der Waals surface area contributed by atoms with Crippen molar-refractivity contribution in [3.8, 4) is 0 Å². The van der Waals surface area contributed by atoms with Gasteiger partial charge in [0.1, 0.15) is 0 Å². The number of hydrogen-bond donors (Lipinski definition) is 1. The highest BCUT2D eigenvalue weighted by atomic mass is 16.2. The van der Waals surface area contributed by atoms with E-state index in [-0.39, 0.29) is 18.2 Å². The molecule has 5 heteroatoms. The summed E-state index contributed by atoms with van der Waals surface area (Å²) in [7, 11) is 0. The lowest BCUT2D eigenvalue weighted by Gasteiger charge is -2.35. The lowest BCUT2D eigenvalue weighted by Crippen LogP contribution is -2.56. The van der Waals surface area contributed by atoms with Gasteiger partial charge in [-0.15, -0.1) is 0 Å². The highest BCUT2D eigenvalue weighted by molar-refractivity contribution is 5.89. The minimum absolute atomic E-state index is 0.0416. The van der Waals surface area contributed by atoms with Crippen LogP contribution in [0.4, 0.5) is 0 Å². The molecule has 2 amide bonds. The maximum atomic E-state index is 12.5. The van der Waals surface area contributed by atoms with Crippen molar-refractivity contribution in [2.24, 2.45) is 0 Å². The van der Waals surface area contributed by atoms with Gasteiger partial charge in [0.15, 0.2) is 0 Å². The second-order valence-electron chi connectivity index (χ2n) is 6.69. The number of hydrogen-bond acceptors (Lipinski definition) is 3. The zero-order valence-corrected chi connectivity index (χ0v) is 15.6. The van der Waals surface area contributed by atoms with Crippen LogP contribution in [0.5, 0.6) is 0 Å². The maximum Gasteiger partial charge on any atom is 0.237 e. The molecular weight excluding hydrogens is 326 g/mol. The third-order valence-corrected chi connectivity index (χ3v) is 5.18. The van der Waals surface area contributed by atoms with E-state index in [0.717, 1.165) is 6.54 Å². The van der Waals surface area contributed by atoms with E-state index in [9.17, 15) is 9.59 Å². The number of carbonyl (C=O) groups is 2. The van der Waals surface area contributed by atoms with Crippen LogP contribution in [-0.2, 0) is 16.1 Å². The number of piperazine rings is 1. The minimum Gasteiger partial charge on any atom is -0.353 e. The molecule has 1 N–H and O–H groups in total. The van der Waals surface area contributed by atoms with E-state index in [4.69, 9.17) is 0 Å². The van der Waals surface area contributed by atoms with Crippen molar-refractivity contribution in [3.05, 3.63) is 48.0 Å². The van der Waals surface area contributed by atoms with Crippen LogP contribution in [0.15, 0.2) is 42.5 Å². The second-order valence-corrected chi connectivity index (χ2v) is 6.69. The predicted octanol–water partition coefficient (Wildman–Crippen LogP) is 2.40. The Kier molecular flexibility index (Phi) is 5.89. The highest BCUT2D eigenvalue weighted by Crippen LogP contribution is 2.22. The first kappa shape index (κ1) is 18.4. The normalized spacial score (nSPS) is 17.9. The molecule has 26 heavy (non-hydrogen) atoms. The Bertz CT molecular complexity index is 780. The van der Waals surface area contributed by atoms with Crippen molar-refractivity contribution in [1.82, 2.24) is 15.1 Å². The summed E-state index contributed by atoms with van der Waals surface area (Å²) < 4.78 is 0. The monoisotopic (exact) mass is 353 g/mol. The first-order chi connectivity index (χ1) is 12.6. The van der Waals surface area contributed by atoms with Gasteiger partial charge in [0.05, 0.1) is 12.5 Å². The van der Waals surface area contributed by atoms with Crippen molar-refractivity contribution in [2.75, 3.05) is 26.2 Å². The number of amides is 2. The quantitative estimate of drug-likeness (QED) is 0.868. The van der Waals surface area contributed by atoms with Gasteiger partial charge in [0.25, 0.3) is 0 Å². The Hall–Kier alpha value is -2.40. The fraction of sp³-hybridized carbons (Fsp3) is 0.429. The maximum absolute atomic E-state index is 12.5. The molecule has 1 atom stereocenters. The number of nitrogens with zero attached hydrogens (tertiary/aromatic N) is 2. The molecule has 0 radical (unpaired) electrons. The van der Waals surface area contributed by atoms with E-state index in [1.54, 1.807) is 4.90 Å². The van der Waals surface area contributed by atoms with Crippen LogP contribution in [-0.4, -0.2) is 53.8 Å². The van der Waals surface area contributed by atoms with Crippen LogP contribution in [0.3, 0.4) is 0 Å². The van der Waals surface area contributed by atoms with Gasteiger partial charge in [0.2, 0.25) is 11.8 Å². The summed E-state index contributed by atoms with van der Waals surface area (Å²) in [6.07, 6.45) is 0.234. The summed E-state index contributed by atoms with van der Waals surface area (Å²) >= 11 is 0. The van der Waals surface area contributed by atoms with E-state index in [1.807, 2.05) is 26.0 Å². The Morgan fingerprint density at radius 2 is 1.88 bits per heavy atom. The molecule has 1 aliphatic heterocycles. The van der Waals surface area contributed by atoms with Gasteiger partial charge >= 0.3 is 0 Å². The van der Waals surface area contributed by atoms with Crippen LogP contribution in [0.2, 0.25) is 0 Å². The Morgan fingerprint density at radius 3 is 2.65 bits per heavy atom. The molecule has 2 aromatic rings. The fourth-order valence-corrected chi connectivity index (χ4v) is 3.69. The van der Waals surface area contributed by atoms with Gasteiger partial charge in [-0.2, -0.15) is 0 Å². The molecule has 0 bridgehead atoms. The summed E-state index contributed by atoms with van der Waals surface area (Å²) in [6.45, 7) is 7.34. The largest absolute Gasteiger partial charge is 0.353 e. The predicted molar refractivity (Wildman–Crippen MR) is 104 cm³/mol. The Balaban J connectivity index is 1.82. The molecule has 0 spiro atoms. The first-order valence-corrected chi connectivity index (χ1v) is 9.40. The van der Waals surface area contributed by atoms with Gasteiger partial charge in [-0.1, -0.05) is 42.5 Å². The second kappa shape index (κ2) is 8.32. The smallest absolute Gasteiger partial charge is 0.237 e. The number of carbonyl (C=O) groups excluding carboxylic acids is 2. The molecular formula is C21H27N3O2.